The molecule has 4 atom stereocenters. The van der Waals surface area contributed by atoms with Gasteiger partial charge < -0.3 is 0 Å². The Morgan fingerprint density at radius 1 is 0.947 bits per heavy atom. The number of nitrogens with zero attached hydrogens (tertiary/aromatic N) is 1. The van der Waals surface area contributed by atoms with Crippen molar-refractivity contribution < 1.29 is 14.0 Å². The first-order chi connectivity index (χ1) is 9.16. The van der Waals surface area contributed by atoms with Crippen LogP contribution in [-0.2, 0) is 9.59 Å². The van der Waals surface area contributed by atoms with E-state index in [1.807, 2.05) is 0 Å². The first kappa shape index (κ1) is 10.9. The van der Waals surface area contributed by atoms with Crippen LogP contribution in [0.5, 0.6) is 0 Å². The van der Waals surface area contributed by atoms with Gasteiger partial charge in [-0.3, -0.25) is 14.5 Å². The molecule has 1 aromatic carbocycles. The zero-order valence-electron chi connectivity index (χ0n) is 10.1. The van der Waals surface area contributed by atoms with Crippen LogP contribution in [0.15, 0.2) is 36.4 Å². The molecule has 2 aliphatic carbocycles. The number of carbonyl (C=O) groups excluding carboxylic acids is 2. The van der Waals surface area contributed by atoms with Crippen molar-refractivity contribution in [3.8, 4) is 0 Å². The molecule has 1 saturated heterocycles. The molecule has 3 aliphatic rings. The number of hydrogen-bond acceptors (Lipinski definition) is 2. The van der Waals surface area contributed by atoms with Crippen molar-refractivity contribution >= 4 is 17.5 Å². The van der Waals surface area contributed by atoms with Crippen molar-refractivity contribution in [3.63, 3.8) is 0 Å². The van der Waals surface area contributed by atoms with Gasteiger partial charge in [0.2, 0.25) is 11.8 Å². The van der Waals surface area contributed by atoms with Crippen LogP contribution in [0, 0.1) is 29.5 Å². The molecule has 4 heteroatoms. The molecule has 2 amide bonds. The maximum Gasteiger partial charge on any atom is 0.238 e. The van der Waals surface area contributed by atoms with Crippen LogP contribution in [0.3, 0.4) is 0 Å². The highest BCUT2D eigenvalue weighted by atomic mass is 19.1. The number of benzene rings is 1. The van der Waals surface area contributed by atoms with E-state index < -0.39 is 0 Å². The van der Waals surface area contributed by atoms with E-state index in [4.69, 9.17) is 0 Å². The SMILES string of the molecule is O=C1[C@@H]2[C@@H](C(=O)N1c1ccc(F)cc1)[C@H]1C=C[C@@H]2C1. The van der Waals surface area contributed by atoms with E-state index in [9.17, 15) is 14.0 Å². The van der Waals surface area contributed by atoms with E-state index >= 15 is 0 Å². The largest absolute Gasteiger partial charge is 0.274 e. The Bertz CT molecular complexity index is 577. The molecule has 1 aliphatic heterocycles. The minimum Gasteiger partial charge on any atom is -0.274 e. The van der Waals surface area contributed by atoms with Crippen LogP contribution < -0.4 is 4.90 Å². The lowest BCUT2D eigenvalue weighted by molar-refractivity contribution is -0.123. The van der Waals surface area contributed by atoms with Gasteiger partial charge in [0.05, 0.1) is 17.5 Å². The van der Waals surface area contributed by atoms with E-state index in [0.717, 1.165) is 6.42 Å². The Balaban J connectivity index is 1.74. The predicted octanol–water partition coefficient (Wildman–Crippen LogP) is 2.14. The molecule has 19 heavy (non-hydrogen) atoms. The van der Waals surface area contributed by atoms with Gasteiger partial charge in [-0.2, -0.15) is 0 Å². The zero-order chi connectivity index (χ0) is 13.1. The molecule has 2 fully saturated rings. The lowest BCUT2D eigenvalue weighted by Gasteiger charge is -2.17. The summed E-state index contributed by atoms with van der Waals surface area (Å²) >= 11 is 0. The van der Waals surface area contributed by atoms with Crippen LogP contribution in [0.4, 0.5) is 10.1 Å². The molecular weight excluding hydrogens is 245 g/mol. The van der Waals surface area contributed by atoms with Crippen molar-refractivity contribution in [3.05, 3.63) is 42.2 Å². The lowest BCUT2D eigenvalue weighted by Crippen LogP contribution is -2.32. The van der Waals surface area contributed by atoms with Gasteiger partial charge >= 0.3 is 0 Å². The summed E-state index contributed by atoms with van der Waals surface area (Å²) in [5.41, 5.74) is 0.477. The zero-order valence-corrected chi connectivity index (χ0v) is 10.1. The summed E-state index contributed by atoms with van der Waals surface area (Å²) in [4.78, 5) is 26.1. The van der Waals surface area contributed by atoms with Crippen molar-refractivity contribution in [2.24, 2.45) is 23.7 Å². The molecule has 0 radical (unpaired) electrons. The van der Waals surface area contributed by atoms with Gasteiger partial charge in [-0.15, -0.1) is 0 Å². The van der Waals surface area contributed by atoms with E-state index in [1.54, 1.807) is 0 Å². The predicted molar refractivity (Wildman–Crippen MR) is 66.6 cm³/mol. The topological polar surface area (TPSA) is 37.4 Å². The van der Waals surface area contributed by atoms with E-state index in [0.29, 0.717) is 5.69 Å². The summed E-state index contributed by atoms with van der Waals surface area (Å²) in [6.07, 6.45) is 5.04. The van der Waals surface area contributed by atoms with Crippen molar-refractivity contribution in [1.29, 1.82) is 0 Å². The fourth-order valence-corrected chi connectivity index (χ4v) is 3.75. The van der Waals surface area contributed by atoms with Crippen molar-refractivity contribution in [2.75, 3.05) is 4.90 Å². The first-order valence-corrected chi connectivity index (χ1v) is 6.48. The third-order valence-electron chi connectivity index (χ3n) is 4.56. The van der Waals surface area contributed by atoms with Gasteiger partial charge in [0.1, 0.15) is 5.82 Å². The number of rotatable bonds is 1. The normalized spacial score (nSPS) is 35.3. The lowest BCUT2D eigenvalue weighted by atomic mass is 9.85. The van der Waals surface area contributed by atoms with Gasteiger partial charge in [-0.05, 0) is 42.5 Å². The van der Waals surface area contributed by atoms with Gasteiger partial charge in [0, 0.05) is 0 Å². The second-order valence-electron chi connectivity index (χ2n) is 5.49. The van der Waals surface area contributed by atoms with Crippen molar-refractivity contribution in [1.82, 2.24) is 0 Å². The van der Waals surface area contributed by atoms with Crippen LogP contribution in [0.25, 0.3) is 0 Å². The maximum absolute atomic E-state index is 12.9. The Kier molecular flexibility index (Phi) is 2.03. The average molecular weight is 257 g/mol. The van der Waals surface area contributed by atoms with Gasteiger partial charge in [-0.25, -0.2) is 4.39 Å². The fraction of sp³-hybridized carbons (Fsp3) is 0.333. The molecule has 0 spiro atoms. The van der Waals surface area contributed by atoms with Crippen LogP contribution in [-0.4, -0.2) is 11.8 Å². The Morgan fingerprint density at radius 2 is 1.47 bits per heavy atom. The molecule has 4 rings (SSSR count). The van der Waals surface area contributed by atoms with E-state index in [1.165, 1.54) is 29.2 Å². The van der Waals surface area contributed by atoms with Gasteiger partial charge in [-0.1, -0.05) is 12.2 Å². The molecule has 0 N–H and O–H groups in total. The Morgan fingerprint density at radius 3 is 2.00 bits per heavy atom. The number of imide groups is 1. The summed E-state index contributed by atoms with van der Waals surface area (Å²) in [5, 5.41) is 0. The number of hydrogen-bond donors (Lipinski definition) is 0. The molecule has 1 heterocycles. The standard InChI is InChI=1S/C15H12FNO2/c16-10-3-5-11(6-4-10)17-14(18)12-8-1-2-9(7-8)13(12)15(17)19/h1-6,8-9,12-13H,7H2/t8-,9+,12-,13-/m0/s1. The number of anilines is 1. The van der Waals surface area contributed by atoms with Crippen LogP contribution >= 0.6 is 0 Å². The molecule has 1 aromatic rings. The third-order valence-corrected chi connectivity index (χ3v) is 4.56. The van der Waals surface area contributed by atoms with Gasteiger partial charge in [0.25, 0.3) is 0 Å². The summed E-state index contributed by atoms with van der Waals surface area (Å²) in [6.45, 7) is 0. The molecule has 3 nitrogen and oxygen atoms in total. The summed E-state index contributed by atoms with van der Waals surface area (Å²) in [7, 11) is 0. The second-order valence-corrected chi connectivity index (χ2v) is 5.49. The molecular formula is C15H12FNO2. The highest BCUT2D eigenvalue weighted by Gasteiger charge is 2.59. The second kappa shape index (κ2) is 3.53. The Labute approximate surface area is 109 Å². The average Bonchev–Trinajstić information content (AvgIpc) is 3.06. The Hall–Kier alpha value is -1.97. The quantitative estimate of drug-likeness (QED) is 0.571. The molecule has 1 saturated carbocycles. The number of amides is 2. The number of carbonyl (C=O) groups is 2. The molecule has 0 unspecified atom stereocenters. The van der Waals surface area contributed by atoms with Crippen LogP contribution in [0.1, 0.15) is 6.42 Å². The number of fused-ring (bicyclic) bond motifs is 5. The van der Waals surface area contributed by atoms with Crippen LogP contribution in [0.2, 0.25) is 0 Å². The minimum atomic E-state index is -0.371. The minimum absolute atomic E-state index is 0.126. The number of allylic oxidation sites excluding steroid dienone is 2. The molecule has 0 aromatic heterocycles. The first-order valence-electron chi connectivity index (χ1n) is 6.48. The summed E-state index contributed by atoms with van der Waals surface area (Å²) in [6, 6.07) is 5.52. The smallest absolute Gasteiger partial charge is 0.238 e. The van der Waals surface area contributed by atoms with Crippen molar-refractivity contribution in [2.45, 2.75) is 6.42 Å². The summed E-state index contributed by atoms with van der Waals surface area (Å²) < 4.78 is 12.9. The molecule has 2 bridgehead atoms. The maximum atomic E-state index is 12.9. The highest BCUT2D eigenvalue weighted by molar-refractivity contribution is 6.22. The molecule has 96 valence electrons. The number of halogens is 1. The highest BCUT2D eigenvalue weighted by Crippen LogP contribution is 2.53. The summed E-state index contributed by atoms with van der Waals surface area (Å²) in [5.74, 6) is -0.615. The third kappa shape index (κ3) is 1.31. The fourth-order valence-electron chi connectivity index (χ4n) is 3.75. The van der Waals surface area contributed by atoms with Gasteiger partial charge in [0.15, 0.2) is 0 Å². The monoisotopic (exact) mass is 257 g/mol. The van der Waals surface area contributed by atoms with E-state index in [2.05, 4.69) is 12.2 Å². The van der Waals surface area contributed by atoms with E-state index in [-0.39, 0.29) is 41.3 Å².